The highest BCUT2D eigenvalue weighted by Gasteiger charge is 2.69. The Morgan fingerprint density at radius 2 is 1.63 bits per heavy atom. The summed E-state index contributed by atoms with van der Waals surface area (Å²) in [6.07, 6.45) is 8.22. The molecule has 0 unspecified atom stereocenters. The molecule has 1 aromatic heterocycles. The van der Waals surface area contributed by atoms with Crippen molar-refractivity contribution in [1.29, 1.82) is 0 Å². The number of aliphatic hydroxyl groups excluding tert-OH is 1. The molecule has 4 aliphatic carbocycles. The summed E-state index contributed by atoms with van der Waals surface area (Å²) in [5.74, 6) is 0.626. The van der Waals surface area contributed by atoms with Gasteiger partial charge in [0.15, 0.2) is 0 Å². The minimum Gasteiger partial charge on any atom is -0.431 e. The average Bonchev–Trinajstić information content (AvgIpc) is 2.95. The Balaban J connectivity index is 0.00000218. The highest BCUT2D eigenvalue weighted by Crippen LogP contribution is 2.71. The molecule has 1 heterocycles. The highest BCUT2D eigenvalue weighted by atomic mass is 16.4. The van der Waals surface area contributed by atoms with Gasteiger partial charge in [-0.15, -0.1) is 0 Å². The van der Waals surface area contributed by atoms with E-state index in [0.717, 1.165) is 50.5 Å². The molecule has 0 aliphatic heterocycles. The molecule has 6 nitrogen and oxygen atoms in total. The van der Waals surface area contributed by atoms with Gasteiger partial charge in [0.05, 0.1) is 23.6 Å². The Hall–Kier alpha value is -1.21. The van der Waals surface area contributed by atoms with E-state index in [0.29, 0.717) is 12.8 Å². The zero-order valence-electron chi connectivity index (χ0n) is 18.1. The van der Waals surface area contributed by atoms with Crippen LogP contribution in [0.2, 0.25) is 0 Å². The van der Waals surface area contributed by atoms with Gasteiger partial charge >= 0.3 is 5.63 Å². The number of fused-ring (bicyclic) bond motifs is 5. The fraction of sp³-hybridized carbons (Fsp3) is 0.792. The largest absolute Gasteiger partial charge is 0.431 e. The van der Waals surface area contributed by atoms with Gasteiger partial charge in [-0.2, -0.15) is 0 Å². The third-order valence-electron chi connectivity index (χ3n) is 10.1. The highest BCUT2D eigenvalue weighted by molar-refractivity contribution is 5.27. The van der Waals surface area contributed by atoms with Crippen LogP contribution < -0.4 is 5.63 Å². The molecule has 4 saturated carbocycles. The van der Waals surface area contributed by atoms with E-state index in [2.05, 4.69) is 13.8 Å². The van der Waals surface area contributed by atoms with Crippen LogP contribution in [0.25, 0.3) is 0 Å². The Bertz CT molecular complexity index is 847. The third kappa shape index (κ3) is 2.66. The molecule has 5 N–H and O–H groups in total. The lowest BCUT2D eigenvalue weighted by molar-refractivity contribution is -0.253. The minimum atomic E-state index is -0.823. The van der Waals surface area contributed by atoms with Gasteiger partial charge in [-0.25, -0.2) is 4.79 Å². The maximum absolute atomic E-state index is 12.2. The van der Waals surface area contributed by atoms with Gasteiger partial charge in [-0.1, -0.05) is 13.8 Å². The summed E-state index contributed by atoms with van der Waals surface area (Å²) >= 11 is 0. The van der Waals surface area contributed by atoms with E-state index in [1.165, 1.54) is 6.07 Å². The first-order valence-corrected chi connectivity index (χ1v) is 11.3. The van der Waals surface area contributed by atoms with Crippen molar-refractivity contribution in [3.8, 4) is 0 Å². The number of hydrogen-bond acceptors (Lipinski definition) is 5. The molecule has 6 heteroatoms. The maximum atomic E-state index is 12.2. The first kappa shape index (κ1) is 22.0. The Morgan fingerprint density at radius 1 is 0.933 bits per heavy atom. The predicted molar refractivity (Wildman–Crippen MR) is 112 cm³/mol. The van der Waals surface area contributed by atoms with Crippen LogP contribution in [0.4, 0.5) is 0 Å². The number of aliphatic hydroxyl groups is 3. The summed E-state index contributed by atoms with van der Waals surface area (Å²) in [5, 5.41) is 33.9. The molecule has 0 saturated heterocycles. The fourth-order valence-corrected chi connectivity index (χ4v) is 8.30. The van der Waals surface area contributed by atoms with Crippen LogP contribution in [0.15, 0.2) is 27.6 Å². The van der Waals surface area contributed by atoms with Crippen molar-refractivity contribution in [3.63, 3.8) is 0 Å². The molecule has 30 heavy (non-hydrogen) atoms. The smallest absolute Gasteiger partial charge is 0.335 e. The van der Waals surface area contributed by atoms with E-state index in [4.69, 9.17) is 4.42 Å². The van der Waals surface area contributed by atoms with E-state index in [1.807, 2.05) is 6.07 Å². The molecular weight excluding hydrogens is 384 g/mol. The molecule has 4 aliphatic rings. The van der Waals surface area contributed by atoms with Crippen molar-refractivity contribution >= 4 is 0 Å². The molecule has 0 spiro atoms. The van der Waals surface area contributed by atoms with Crippen LogP contribution in [-0.2, 0) is 0 Å². The topological polar surface area (TPSA) is 122 Å². The van der Waals surface area contributed by atoms with Gasteiger partial charge in [0.1, 0.15) is 0 Å². The second-order valence-corrected chi connectivity index (χ2v) is 11.0. The SMILES string of the molecule is C[C@]12CC[C@H](O)C[C@@]1(O)CC[C@@H]1[C@@H]2CC[C@]2(C)[C@@H](c3ccc(=O)oc3)CC[C@]12O.O. The van der Waals surface area contributed by atoms with Gasteiger partial charge in [0.25, 0.3) is 0 Å². The Kier molecular flexibility index (Phi) is 5.06. The van der Waals surface area contributed by atoms with Crippen molar-refractivity contribution in [2.75, 3.05) is 0 Å². The standard InChI is InChI=1S/C24H34O5.H2O/c1-21-9-5-16(25)13-23(21,27)11-7-19-18(21)6-10-22(2)17(8-12-24(19,22)28)15-3-4-20(26)29-14-15;/h3-4,14,16-19,25,27-28H,5-13H2,1-2H3;1H2/t16-,17+,18-,19+,21+,22+,23-,24-;/m0./s1. The molecule has 0 amide bonds. The van der Waals surface area contributed by atoms with Gasteiger partial charge in [-0.3, -0.25) is 0 Å². The van der Waals surface area contributed by atoms with E-state index in [9.17, 15) is 20.1 Å². The quantitative estimate of drug-likeness (QED) is 0.644. The zero-order chi connectivity index (χ0) is 20.7. The summed E-state index contributed by atoms with van der Waals surface area (Å²) in [6.45, 7) is 4.43. The first-order chi connectivity index (χ1) is 13.6. The van der Waals surface area contributed by atoms with Crippen molar-refractivity contribution in [3.05, 3.63) is 34.4 Å². The zero-order valence-corrected chi connectivity index (χ0v) is 18.1. The molecule has 0 bridgehead atoms. The van der Waals surface area contributed by atoms with E-state index >= 15 is 0 Å². The lowest BCUT2D eigenvalue weighted by Crippen LogP contribution is -2.67. The maximum Gasteiger partial charge on any atom is 0.335 e. The first-order valence-electron chi connectivity index (χ1n) is 11.3. The third-order valence-corrected chi connectivity index (χ3v) is 10.1. The second-order valence-electron chi connectivity index (χ2n) is 11.0. The molecule has 0 aromatic carbocycles. The lowest BCUT2D eigenvalue weighted by atomic mass is 9.42. The van der Waals surface area contributed by atoms with Crippen LogP contribution >= 0.6 is 0 Å². The average molecular weight is 421 g/mol. The van der Waals surface area contributed by atoms with E-state index in [1.54, 1.807) is 6.26 Å². The molecule has 8 atom stereocenters. The molecule has 5 rings (SSSR count). The van der Waals surface area contributed by atoms with E-state index < -0.39 is 17.3 Å². The summed E-state index contributed by atoms with van der Waals surface area (Å²) in [4.78, 5) is 11.4. The Labute approximate surface area is 177 Å². The van der Waals surface area contributed by atoms with Gasteiger partial charge in [0, 0.05) is 17.9 Å². The predicted octanol–water partition coefficient (Wildman–Crippen LogP) is 2.53. The summed E-state index contributed by atoms with van der Waals surface area (Å²) < 4.78 is 5.15. The molecule has 0 radical (unpaired) electrons. The van der Waals surface area contributed by atoms with Crippen LogP contribution in [0, 0.1) is 22.7 Å². The minimum absolute atomic E-state index is 0. The summed E-state index contributed by atoms with van der Waals surface area (Å²) in [6, 6.07) is 3.35. The van der Waals surface area contributed by atoms with Crippen molar-refractivity contribution in [1.82, 2.24) is 0 Å². The molecular formula is C24H36O6. The normalized spacial score (nSPS) is 50.0. The van der Waals surface area contributed by atoms with E-state index in [-0.39, 0.29) is 39.7 Å². The fourth-order valence-electron chi connectivity index (χ4n) is 8.30. The lowest BCUT2D eigenvalue weighted by Gasteiger charge is -2.66. The number of hydrogen-bond donors (Lipinski definition) is 3. The van der Waals surface area contributed by atoms with Crippen LogP contribution in [0.5, 0.6) is 0 Å². The second kappa shape index (κ2) is 6.89. The van der Waals surface area contributed by atoms with Crippen molar-refractivity contribution < 1.29 is 25.2 Å². The van der Waals surface area contributed by atoms with Crippen molar-refractivity contribution in [2.45, 2.75) is 94.9 Å². The van der Waals surface area contributed by atoms with Gasteiger partial charge in [0.2, 0.25) is 0 Å². The summed E-state index contributed by atoms with van der Waals surface area (Å²) in [5.41, 5.74) is -1.41. The summed E-state index contributed by atoms with van der Waals surface area (Å²) in [7, 11) is 0. The monoisotopic (exact) mass is 420 g/mol. The van der Waals surface area contributed by atoms with Crippen LogP contribution in [0.1, 0.15) is 83.1 Å². The molecule has 168 valence electrons. The van der Waals surface area contributed by atoms with Crippen LogP contribution in [0.3, 0.4) is 0 Å². The number of rotatable bonds is 1. The van der Waals surface area contributed by atoms with Crippen LogP contribution in [-0.4, -0.2) is 38.1 Å². The van der Waals surface area contributed by atoms with Gasteiger partial charge < -0.3 is 25.2 Å². The van der Waals surface area contributed by atoms with Gasteiger partial charge in [-0.05, 0) is 86.2 Å². The molecule has 4 fully saturated rings. The van der Waals surface area contributed by atoms with Crippen molar-refractivity contribution in [2.24, 2.45) is 22.7 Å². The Morgan fingerprint density at radius 3 is 2.33 bits per heavy atom. The molecule has 1 aromatic rings.